The quantitative estimate of drug-likeness (QED) is 0.0429. The van der Waals surface area contributed by atoms with Gasteiger partial charge < -0.3 is 34.5 Å². The molecule has 11 rings (SSSR count). The molecule has 0 spiro atoms. The third-order valence-corrected chi connectivity index (χ3v) is 18.1. The maximum Gasteiger partial charge on any atom is 0.298 e. The number of amides is 2. The standard InChI is InChI=1S/C53H53ClN6O8S2.C2H6.2CH4O/c1-52(2)38-17-20-53(3,27-40(38)55-35-9-5-7-33(26-35)49-47(54)48(67-24-23-61)44(29-63)69-49)60(52)70(66)30-31-11-15-43-39(25-31)56-51(68-43)59-21-18-32(19-22-59)36-12-13-41(46-34(28-62)8-6-10-37(36)46)58(4)42-14-16-45(64)57-50(42)65;3*1-2/h5-13,15,17,23,25-26,28-29,32,40,42,55H,14,16,18-22,24,27,30H2,1-4H3,(H,57,64,65);1-2H3;2*2H,1H3. The van der Waals surface area contributed by atoms with E-state index in [4.69, 9.17) is 36.0 Å². The number of aliphatic hydroxyl groups excluding tert-OH is 2. The predicted molar refractivity (Wildman–Crippen MR) is 302 cm³/mol. The molecule has 404 valence electrons. The third-order valence-electron chi connectivity index (χ3n) is 14.6. The van der Waals surface area contributed by atoms with Crippen molar-refractivity contribution in [2.45, 2.75) is 108 Å². The van der Waals surface area contributed by atoms with Crippen LogP contribution in [0.2, 0.25) is 5.02 Å². The number of anilines is 3. The average Bonchev–Trinajstić information content (AvgIpc) is 4.09. The fraction of sp³-hybridized carbons (Fsp3) is 0.404. The van der Waals surface area contributed by atoms with Gasteiger partial charge in [0.1, 0.15) is 39.1 Å². The molecule has 76 heavy (non-hydrogen) atoms. The van der Waals surface area contributed by atoms with Gasteiger partial charge in [-0.1, -0.05) is 74.0 Å². The molecule has 4 aromatic carbocycles. The van der Waals surface area contributed by atoms with Gasteiger partial charge >= 0.3 is 0 Å². The minimum absolute atomic E-state index is 0.0165. The van der Waals surface area contributed by atoms with Crippen LogP contribution in [0.1, 0.15) is 110 Å². The summed E-state index contributed by atoms with van der Waals surface area (Å²) in [6.07, 6.45) is 8.31. The van der Waals surface area contributed by atoms with E-state index in [1.807, 2.05) is 86.5 Å². The highest BCUT2D eigenvalue weighted by molar-refractivity contribution is 7.81. The van der Waals surface area contributed by atoms with E-state index in [1.165, 1.54) is 16.9 Å². The van der Waals surface area contributed by atoms with E-state index in [9.17, 15) is 28.2 Å². The van der Waals surface area contributed by atoms with Crippen molar-refractivity contribution in [2.24, 2.45) is 0 Å². The van der Waals surface area contributed by atoms with Crippen LogP contribution >= 0.6 is 22.9 Å². The van der Waals surface area contributed by atoms with Gasteiger partial charge in [0.2, 0.25) is 11.8 Å². The molecule has 3 saturated heterocycles. The van der Waals surface area contributed by atoms with Gasteiger partial charge in [-0.25, -0.2) is 8.51 Å². The van der Waals surface area contributed by atoms with Crippen molar-refractivity contribution >= 4 is 104 Å². The molecule has 3 fully saturated rings. The Balaban J connectivity index is 0.00000135. The zero-order valence-electron chi connectivity index (χ0n) is 44.2. The molecule has 6 aromatic rings. The first-order valence-electron chi connectivity index (χ1n) is 25.4. The number of thiophene rings is 1. The molecular weight excluding hydrogens is 1030 g/mol. The number of likely N-dealkylation sites (N-methyl/N-ethyl adjacent to an activating group) is 1. The number of aliphatic hydroxyl groups is 2. The molecule has 4 atom stereocenters. The number of carbonyl (C=O) groups excluding carboxylic acids is 5. The number of fused-ring (bicyclic) bond motifs is 5. The van der Waals surface area contributed by atoms with E-state index in [-0.39, 0.29) is 42.6 Å². The van der Waals surface area contributed by atoms with Gasteiger partial charge in [0.25, 0.3) is 6.01 Å². The molecule has 19 heteroatoms. The second kappa shape index (κ2) is 24.8. The highest BCUT2D eigenvalue weighted by atomic mass is 35.5. The summed E-state index contributed by atoms with van der Waals surface area (Å²) in [6.45, 7) is 11.7. The lowest BCUT2D eigenvalue weighted by Crippen LogP contribution is -2.68. The third kappa shape index (κ3) is 11.2. The summed E-state index contributed by atoms with van der Waals surface area (Å²) >= 11 is 7.90. The van der Waals surface area contributed by atoms with E-state index in [1.54, 1.807) is 6.07 Å². The molecule has 4 N–H and O–H groups in total. The highest BCUT2D eigenvalue weighted by Crippen LogP contribution is 2.51. The molecule has 2 amide bonds. The molecule has 16 nitrogen and oxygen atoms in total. The number of imide groups is 1. The van der Waals surface area contributed by atoms with Crippen molar-refractivity contribution in [3.05, 3.63) is 111 Å². The van der Waals surface area contributed by atoms with Crippen LogP contribution in [0.4, 0.5) is 17.4 Å². The van der Waals surface area contributed by atoms with E-state index < -0.39 is 28.1 Å². The van der Waals surface area contributed by atoms with Crippen molar-refractivity contribution in [3.63, 3.8) is 0 Å². The van der Waals surface area contributed by atoms with Gasteiger partial charge in [0.15, 0.2) is 30.2 Å². The lowest BCUT2D eigenvalue weighted by Gasteiger charge is -2.60. The summed E-state index contributed by atoms with van der Waals surface area (Å²) in [4.78, 5) is 69.9. The Morgan fingerprint density at radius 1 is 0.974 bits per heavy atom. The van der Waals surface area contributed by atoms with Gasteiger partial charge in [-0.15, -0.1) is 11.3 Å². The Kier molecular flexibility index (Phi) is 18.7. The Labute approximate surface area is 455 Å². The van der Waals surface area contributed by atoms with Crippen LogP contribution in [0.15, 0.2) is 88.9 Å². The van der Waals surface area contributed by atoms with Crippen LogP contribution < -0.4 is 25.2 Å². The molecule has 2 bridgehead atoms. The molecule has 6 heterocycles. The second-order valence-electron chi connectivity index (χ2n) is 19.4. The second-order valence-corrected chi connectivity index (χ2v) is 22.1. The topological polar surface area (TPSA) is 212 Å². The van der Waals surface area contributed by atoms with Crippen LogP contribution in [0.5, 0.6) is 5.75 Å². The van der Waals surface area contributed by atoms with E-state index in [0.29, 0.717) is 75.3 Å². The van der Waals surface area contributed by atoms with E-state index >= 15 is 0 Å². The predicted octanol–water partition coefficient (Wildman–Crippen LogP) is 9.65. The summed E-state index contributed by atoms with van der Waals surface area (Å²) in [6, 6.07) is 23.6. The lowest BCUT2D eigenvalue weighted by atomic mass is 9.68. The Bertz CT molecular complexity index is 3170. The number of piperidine rings is 3. The Morgan fingerprint density at radius 3 is 2.39 bits per heavy atom. The minimum atomic E-state index is -1.38. The van der Waals surface area contributed by atoms with Gasteiger partial charge in [-0.3, -0.25) is 29.3 Å². The first kappa shape index (κ1) is 57.4. The molecule has 0 radical (unpaired) electrons. The number of halogens is 1. The first-order valence-corrected chi connectivity index (χ1v) is 27.9. The van der Waals surface area contributed by atoms with Crippen LogP contribution in [-0.2, 0) is 31.1 Å². The number of nitrogens with one attached hydrogen (secondary N) is 2. The number of hydrogen-bond acceptors (Lipinski definition) is 15. The van der Waals surface area contributed by atoms with E-state index in [0.717, 1.165) is 85.0 Å². The van der Waals surface area contributed by atoms with Crippen molar-refractivity contribution < 1.29 is 47.5 Å². The van der Waals surface area contributed by atoms with Crippen molar-refractivity contribution in [1.29, 1.82) is 0 Å². The van der Waals surface area contributed by atoms with Gasteiger partial charge in [-0.2, -0.15) is 4.98 Å². The Morgan fingerprint density at radius 2 is 1.71 bits per heavy atom. The molecule has 4 unspecified atom stereocenters. The number of hydrogen-bond donors (Lipinski definition) is 4. The number of nitrogens with zero attached hydrogens (tertiary/aromatic N) is 4. The number of oxazole rings is 1. The molecule has 0 saturated carbocycles. The van der Waals surface area contributed by atoms with Gasteiger partial charge in [0.05, 0.1) is 22.2 Å². The van der Waals surface area contributed by atoms with Crippen molar-refractivity contribution in [2.75, 3.05) is 56.1 Å². The fourth-order valence-electron chi connectivity index (χ4n) is 11.4. The summed E-state index contributed by atoms with van der Waals surface area (Å²) in [5.74, 6) is 0.145. The molecule has 5 aliphatic rings. The monoisotopic (exact) mass is 1090 g/mol. The fourth-order valence-corrected chi connectivity index (χ4v) is 14.7. The number of aromatic nitrogens is 1. The van der Waals surface area contributed by atoms with Crippen LogP contribution in [0, 0.1) is 0 Å². The van der Waals surface area contributed by atoms with Gasteiger partial charge in [0, 0.05) is 68.6 Å². The molecular formula is C57H67ClN6O10S2. The smallest absolute Gasteiger partial charge is 0.298 e. The molecule has 4 aliphatic heterocycles. The number of ether oxygens (including phenoxy) is 1. The largest absolute Gasteiger partial charge is 0.483 e. The van der Waals surface area contributed by atoms with Crippen LogP contribution in [0.3, 0.4) is 0 Å². The zero-order chi connectivity index (χ0) is 55.1. The number of aldehydes is 3. The van der Waals surface area contributed by atoms with Crippen LogP contribution in [0.25, 0.3) is 32.3 Å². The summed E-state index contributed by atoms with van der Waals surface area (Å²) < 4.78 is 28.6. The number of carbonyl (C=O) groups is 5. The molecule has 1 aliphatic carbocycles. The van der Waals surface area contributed by atoms with Gasteiger partial charge in [-0.05, 0) is 117 Å². The highest BCUT2D eigenvalue weighted by Gasteiger charge is 2.55. The first-order chi connectivity index (χ1) is 36.7. The SMILES string of the molecule is CC.CN(c1ccc(C2CCN(c3nc4cc(CS(=O)N5C6(C)CC=C(C(Nc7cccc(-c8sc(C=O)c(OCC=O)c8Cl)c7)C6)C5(C)C)ccc4o3)CC2)c2cccc(C=O)c12)C1CCC(=O)NC1=O.CO.CO. The average molecular weight is 1100 g/mol. The zero-order valence-corrected chi connectivity index (χ0v) is 46.6. The number of rotatable bonds is 15. The van der Waals surface area contributed by atoms with Crippen molar-refractivity contribution in [3.8, 4) is 16.2 Å². The maximum atomic E-state index is 14.6. The normalized spacial score (nSPS) is 20.4. The van der Waals surface area contributed by atoms with Crippen molar-refractivity contribution in [1.82, 2.24) is 14.6 Å². The lowest BCUT2D eigenvalue weighted by molar-refractivity contribution is -0.134. The summed E-state index contributed by atoms with van der Waals surface area (Å²) in [5, 5.41) is 22.3. The summed E-state index contributed by atoms with van der Waals surface area (Å²) in [5.41, 5.74) is 6.71. The summed E-state index contributed by atoms with van der Waals surface area (Å²) in [7, 11) is 2.47. The van der Waals surface area contributed by atoms with Crippen LogP contribution in [-0.4, -0.2) is 119 Å². The van der Waals surface area contributed by atoms with E-state index in [2.05, 4.69) is 52.8 Å². The Hall–Kier alpha value is -6.28. The maximum absolute atomic E-state index is 14.6. The molecule has 2 aromatic heterocycles. The number of benzene rings is 4. The minimum Gasteiger partial charge on any atom is -0.483 e.